The van der Waals surface area contributed by atoms with Crippen LogP contribution in [0.3, 0.4) is 0 Å². The highest BCUT2D eigenvalue weighted by molar-refractivity contribution is 7.89. The van der Waals surface area contributed by atoms with Crippen LogP contribution in [0.2, 0.25) is 0 Å². The Kier molecular flexibility index (Phi) is 7.05. The maximum Gasteiger partial charge on any atom is 0.243 e. The summed E-state index contributed by atoms with van der Waals surface area (Å²) in [6.07, 6.45) is 1.44. The molecule has 2 aromatic carbocycles. The maximum absolute atomic E-state index is 13.4. The van der Waals surface area contributed by atoms with E-state index in [-0.39, 0.29) is 17.2 Å². The van der Waals surface area contributed by atoms with Crippen molar-refractivity contribution in [2.75, 3.05) is 26.8 Å². The first-order valence-electron chi connectivity index (χ1n) is 9.85. The van der Waals surface area contributed by atoms with E-state index in [1.807, 2.05) is 31.2 Å². The number of amides is 1. The largest absolute Gasteiger partial charge is 0.385 e. The van der Waals surface area contributed by atoms with Crippen LogP contribution in [0.1, 0.15) is 35.6 Å². The van der Waals surface area contributed by atoms with Crippen LogP contribution in [0.25, 0.3) is 0 Å². The first-order valence-corrected chi connectivity index (χ1v) is 11.3. The van der Waals surface area contributed by atoms with Gasteiger partial charge in [0.15, 0.2) is 0 Å². The van der Waals surface area contributed by atoms with Crippen LogP contribution in [-0.2, 0) is 26.0 Å². The zero-order valence-electron chi connectivity index (χ0n) is 16.9. The summed E-state index contributed by atoms with van der Waals surface area (Å²) < 4.78 is 33.2. The molecule has 1 aliphatic heterocycles. The van der Waals surface area contributed by atoms with Gasteiger partial charge in [-0.3, -0.25) is 4.79 Å². The molecule has 0 spiro atoms. The van der Waals surface area contributed by atoms with E-state index in [4.69, 9.17) is 4.74 Å². The van der Waals surface area contributed by atoms with Crippen molar-refractivity contribution in [1.82, 2.24) is 9.62 Å². The second-order valence-corrected chi connectivity index (χ2v) is 9.18. The lowest BCUT2D eigenvalue weighted by Crippen LogP contribution is -2.42. The molecule has 1 atom stereocenters. The highest BCUT2D eigenvalue weighted by Gasteiger charge is 2.37. The van der Waals surface area contributed by atoms with Crippen molar-refractivity contribution in [1.29, 1.82) is 0 Å². The van der Waals surface area contributed by atoms with Gasteiger partial charge in [-0.25, -0.2) is 8.42 Å². The number of rotatable bonds is 8. The van der Waals surface area contributed by atoms with E-state index in [1.165, 1.54) is 4.31 Å². The Morgan fingerprint density at radius 3 is 2.62 bits per heavy atom. The average Bonchev–Trinajstić information content (AvgIpc) is 2.71. The van der Waals surface area contributed by atoms with Crippen molar-refractivity contribution < 1.29 is 17.9 Å². The maximum atomic E-state index is 13.4. The number of hydrogen-bond acceptors (Lipinski definition) is 4. The van der Waals surface area contributed by atoms with Crippen molar-refractivity contribution in [2.45, 2.75) is 37.1 Å². The van der Waals surface area contributed by atoms with Gasteiger partial charge in [0.1, 0.15) is 0 Å². The van der Waals surface area contributed by atoms with Gasteiger partial charge in [0.2, 0.25) is 15.9 Å². The summed E-state index contributed by atoms with van der Waals surface area (Å²) in [5, 5.41) is 2.87. The zero-order chi connectivity index (χ0) is 20.9. The molecule has 0 aromatic heterocycles. The third-order valence-corrected chi connectivity index (χ3v) is 7.14. The molecular weight excluding hydrogens is 388 g/mol. The Bertz CT molecular complexity index is 942. The molecule has 1 N–H and O–H groups in total. The van der Waals surface area contributed by atoms with Crippen LogP contribution in [0, 0.1) is 6.92 Å². The van der Waals surface area contributed by atoms with Gasteiger partial charge in [-0.1, -0.05) is 42.0 Å². The Balaban J connectivity index is 1.87. The molecular formula is C22H28N2O4S. The molecule has 0 aliphatic carbocycles. The fraction of sp³-hybridized carbons (Fsp3) is 0.409. The van der Waals surface area contributed by atoms with Crippen LogP contribution in [0.4, 0.5) is 0 Å². The van der Waals surface area contributed by atoms with Crippen LogP contribution in [0.5, 0.6) is 0 Å². The Hall–Kier alpha value is -2.22. The van der Waals surface area contributed by atoms with Crippen LogP contribution in [0.15, 0.2) is 53.4 Å². The quantitative estimate of drug-likeness (QED) is 0.672. The molecule has 1 unspecified atom stereocenters. The molecule has 7 heteroatoms. The van der Waals surface area contributed by atoms with Gasteiger partial charge in [-0.15, -0.1) is 0 Å². The zero-order valence-corrected chi connectivity index (χ0v) is 17.7. The number of carbonyl (C=O) groups is 1. The number of hydrogen-bond donors (Lipinski definition) is 1. The fourth-order valence-corrected chi connectivity index (χ4v) is 5.27. The minimum atomic E-state index is -3.71. The van der Waals surface area contributed by atoms with Crippen molar-refractivity contribution in [3.05, 3.63) is 65.2 Å². The summed E-state index contributed by atoms with van der Waals surface area (Å²) in [6.45, 7) is 3.35. The molecule has 0 saturated carbocycles. The van der Waals surface area contributed by atoms with E-state index < -0.39 is 16.1 Å². The topological polar surface area (TPSA) is 75.7 Å². The second kappa shape index (κ2) is 9.52. The molecule has 1 aliphatic rings. The van der Waals surface area contributed by atoms with Crippen LogP contribution in [-0.4, -0.2) is 45.4 Å². The van der Waals surface area contributed by atoms with Gasteiger partial charge in [0.25, 0.3) is 0 Å². The molecule has 0 bridgehead atoms. The Morgan fingerprint density at radius 1 is 1.17 bits per heavy atom. The molecule has 1 amide bonds. The standard InChI is InChI=1S/C22H28N2O4S/c1-17-8-10-19(11-9-17)29(26,27)24-14-12-18-6-3-4-7-20(18)21(24)16-22(25)23-13-5-15-28-2/h3-4,6-11,21H,5,12-16H2,1-2H3,(H,23,25). The van der Waals surface area contributed by atoms with E-state index in [0.717, 1.165) is 23.1 Å². The molecule has 2 aromatic rings. The Morgan fingerprint density at radius 2 is 1.90 bits per heavy atom. The summed E-state index contributed by atoms with van der Waals surface area (Å²) in [5.41, 5.74) is 3.00. The van der Waals surface area contributed by atoms with E-state index in [1.54, 1.807) is 31.4 Å². The predicted octanol–water partition coefficient (Wildman–Crippen LogP) is 2.83. The molecule has 3 rings (SSSR count). The molecule has 29 heavy (non-hydrogen) atoms. The minimum absolute atomic E-state index is 0.0923. The number of fused-ring (bicyclic) bond motifs is 1. The van der Waals surface area contributed by atoms with Crippen LogP contribution < -0.4 is 5.32 Å². The normalized spacial score (nSPS) is 17.0. The molecule has 1 heterocycles. The van der Waals surface area contributed by atoms with Gasteiger partial charge in [0, 0.05) is 33.2 Å². The number of ether oxygens (including phenoxy) is 1. The van der Waals surface area contributed by atoms with Crippen LogP contribution >= 0.6 is 0 Å². The molecule has 156 valence electrons. The molecule has 0 radical (unpaired) electrons. The van der Waals surface area contributed by atoms with Crippen molar-refractivity contribution in [3.63, 3.8) is 0 Å². The summed E-state index contributed by atoms with van der Waals surface area (Å²) in [6, 6.07) is 14.1. The SMILES string of the molecule is COCCCNC(=O)CC1c2ccccc2CCN1S(=O)(=O)c1ccc(C)cc1. The van der Waals surface area contributed by atoms with Gasteiger partial charge >= 0.3 is 0 Å². The highest BCUT2D eigenvalue weighted by Crippen LogP contribution is 2.36. The first kappa shape index (κ1) is 21.5. The van der Waals surface area contributed by atoms with Gasteiger partial charge < -0.3 is 10.1 Å². The van der Waals surface area contributed by atoms with E-state index >= 15 is 0 Å². The number of benzene rings is 2. The van der Waals surface area contributed by atoms with Crippen molar-refractivity contribution in [2.24, 2.45) is 0 Å². The highest BCUT2D eigenvalue weighted by atomic mass is 32.2. The van der Waals surface area contributed by atoms with Crippen molar-refractivity contribution in [3.8, 4) is 0 Å². The fourth-order valence-electron chi connectivity index (χ4n) is 3.67. The number of carbonyl (C=O) groups excluding carboxylic acids is 1. The lowest BCUT2D eigenvalue weighted by Gasteiger charge is -2.36. The van der Waals surface area contributed by atoms with Gasteiger partial charge in [0.05, 0.1) is 10.9 Å². The summed E-state index contributed by atoms with van der Waals surface area (Å²) >= 11 is 0. The molecule has 0 fully saturated rings. The first-order chi connectivity index (χ1) is 13.9. The minimum Gasteiger partial charge on any atom is -0.385 e. The number of nitrogens with one attached hydrogen (secondary N) is 1. The summed E-state index contributed by atoms with van der Waals surface area (Å²) in [5.74, 6) is -0.160. The van der Waals surface area contributed by atoms with Gasteiger partial charge in [-0.2, -0.15) is 4.31 Å². The van der Waals surface area contributed by atoms with E-state index in [9.17, 15) is 13.2 Å². The Labute approximate surface area is 172 Å². The predicted molar refractivity (Wildman–Crippen MR) is 112 cm³/mol. The summed E-state index contributed by atoms with van der Waals surface area (Å²) in [4.78, 5) is 12.8. The third-order valence-electron chi connectivity index (χ3n) is 5.22. The third kappa shape index (κ3) is 5.04. The van der Waals surface area contributed by atoms with Gasteiger partial charge in [-0.05, 0) is 43.0 Å². The number of aryl methyl sites for hydroxylation is 1. The smallest absolute Gasteiger partial charge is 0.243 e. The molecule has 0 saturated heterocycles. The van der Waals surface area contributed by atoms with Crippen molar-refractivity contribution >= 4 is 15.9 Å². The number of sulfonamides is 1. The molecule has 6 nitrogen and oxygen atoms in total. The lowest BCUT2D eigenvalue weighted by atomic mass is 9.92. The monoisotopic (exact) mass is 416 g/mol. The lowest BCUT2D eigenvalue weighted by molar-refractivity contribution is -0.122. The van der Waals surface area contributed by atoms with E-state index in [0.29, 0.717) is 26.1 Å². The second-order valence-electron chi connectivity index (χ2n) is 7.29. The summed E-state index contributed by atoms with van der Waals surface area (Å²) in [7, 11) is -2.09. The average molecular weight is 417 g/mol. The number of nitrogens with zero attached hydrogens (tertiary/aromatic N) is 1. The number of methoxy groups -OCH3 is 1. The van der Waals surface area contributed by atoms with E-state index in [2.05, 4.69) is 5.32 Å².